The van der Waals surface area contributed by atoms with E-state index in [2.05, 4.69) is 4.98 Å². The average Bonchev–Trinajstić information content (AvgIpc) is 2.93. The molecule has 2 heterocycles. The Bertz CT molecular complexity index is 1210. The lowest BCUT2D eigenvalue weighted by Gasteiger charge is -2.12. The predicted molar refractivity (Wildman–Crippen MR) is 127 cm³/mol. The molecule has 0 atom stereocenters. The van der Waals surface area contributed by atoms with Crippen molar-refractivity contribution in [1.82, 2.24) is 13.9 Å². The van der Waals surface area contributed by atoms with Gasteiger partial charge in [0.1, 0.15) is 5.83 Å². The molecule has 1 aromatic carbocycles. The lowest BCUT2D eigenvalue weighted by atomic mass is 10.0. The van der Waals surface area contributed by atoms with Crippen LogP contribution in [-0.2, 0) is 23.0 Å². The van der Waals surface area contributed by atoms with E-state index >= 15 is 0 Å². The van der Waals surface area contributed by atoms with Gasteiger partial charge in [0.2, 0.25) is 16.0 Å². The quantitative estimate of drug-likeness (QED) is 0.491. The fraction of sp³-hybridized carbons (Fsp3) is 0.286. The van der Waals surface area contributed by atoms with Crippen molar-refractivity contribution in [2.24, 2.45) is 5.73 Å². The van der Waals surface area contributed by atoms with Crippen LogP contribution in [0.25, 0.3) is 11.0 Å². The molecule has 0 saturated carbocycles. The first-order valence-corrected chi connectivity index (χ1v) is 10.8. The summed E-state index contributed by atoms with van der Waals surface area (Å²) in [6.07, 6.45) is 1.70. The Balaban J connectivity index is 0.00000256. The summed E-state index contributed by atoms with van der Waals surface area (Å²) in [5.41, 5.74) is 8.82. The number of hydrogen-bond donors (Lipinski definition) is 1. The summed E-state index contributed by atoms with van der Waals surface area (Å²) in [6, 6.07) is 9.33. The molecule has 6 nitrogen and oxygen atoms in total. The van der Waals surface area contributed by atoms with E-state index in [0.717, 1.165) is 21.1 Å². The number of aromatic nitrogens is 2. The van der Waals surface area contributed by atoms with Gasteiger partial charge in [-0.05, 0) is 42.8 Å². The summed E-state index contributed by atoms with van der Waals surface area (Å²) in [4.78, 5) is 4.22. The second-order valence-corrected chi connectivity index (χ2v) is 9.30. The zero-order chi connectivity index (χ0) is 22.1. The first-order valence-electron chi connectivity index (χ1n) is 9.35. The van der Waals surface area contributed by atoms with Crippen LogP contribution in [0, 0.1) is 12.9 Å². The molecule has 32 heavy (non-hydrogen) atoms. The molecule has 0 fully saturated rings. The molecule has 0 aliphatic heterocycles. The maximum absolute atomic E-state index is 14.1. The lowest BCUT2D eigenvalue weighted by Crippen LogP contribution is -2.22. The van der Waals surface area contributed by atoms with Crippen LogP contribution < -0.4 is 5.73 Å². The number of hydrogen-bond acceptors (Lipinski definition) is 4. The van der Waals surface area contributed by atoms with Crippen molar-refractivity contribution in [3.8, 4) is 0 Å². The van der Waals surface area contributed by atoms with Gasteiger partial charge in [0, 0.05) is 38.3 Å². The monoisotopic (exact) mass is 506 g/mol. The molecule has 0 bridgehead atoms. The molecule has 3 aromatic rings. The van der Waals surface area contributed by atoms with Crippen molar-refractivity contribution in [2.45, 2.75) is 24.8 Å². The van der Waals surface area contributed by atoms with Crippen LogP contribution in [0.2, 0.25) is 0 Å². The fourth-order valence-electron chi connectivity index (χ4n) is 3.34. The van der Waals surface area contributed by atoms with Crippen LogP contribution in [0.15, 0.2) is 53.2 Å². The van der Waals surface area contributed by atoms with Crippen LogP contribution in [-0.4, -0.2) is 42.9 Å². The number of halogens is 4. The largest absolute Gasteiger partial charge is 0.336 e. The minimum absolute atomic E-state index is 0. The normalized spacial score (nSPS) is 12.0. The first-order chi connectivity index (χ1) is 14.1. The summed E-state index contributed by atoms with van der Waals surface area (Å²) in [5, 5.41) is 0. The molecule has 0 aliphatic carbocycles. The Hall–Kier alpha value is -2.04. The van der Waals surface area contributed by atoms with Crippen LogP contribution in [0.1, 0.15) is 16.8 Å². The van der Waals surface area contributed by atoms with E-state index in [1.165, 1.54) is 38.4 Å². The molecule has 0 radical (unpaired) electrons. The maximum atomic E-state index is 14.1. The third-order valence-electron chi connectivity index (χ3n) is 4.99. The van der Waals surface area contributed by atoms with Gasteiger partial charge in [0.05, 0.1) is 22.5 Å². The highest BCUT2D eigenvalue weighted by molar-refractivity contribution is 7.89. The number of sulfonamides is 1. The fourth-order valence-corrected chi connectivity index (χ4v) is 4.24. The highest BCUT2D eigenvalue weighted by Crippen LogP contribution is 2.28. The minimum Gasteiger partial charge on any atom is -0.336 e. The van der Waals surface area contributed by atoms with E-state index < -0.39 is 16.0 Å². The number of nitrogens with zero attached hydrogens (tertiary/aromatic N) is 3. The Morgan fingerprint density at radius 3 is 2.34 bits per heavy atom. The van der Waals surface area contributed by atoms with Crippen LogP contribution in [0.4, 0.5) is 8.78 Å². The number of nitrogens with two attached hydrogens (primary N) is 1. The van der Waals surface area contributed by atoms with E-state index in [0.29, 0.717) is 17.5 Å². The number of pyridine rings is 1. The zero-order valence-electron chi connectivity index (χ0n) is 17.9. The molecule has 0 saturated heterocycles. The van der Waals surface area contributed by atoms with Gasteiger partial charge in [0.25, 0.3) is 0 Å². The van der Waals surface area contributed by atoms with Gasteiger partial charge < -0.3 is 10.3 Å². The van der Waals surface area contributed by atoms with Crippen molar-refractivity contribution >= 4 is 45.9 Å². The molecule has 0 aliphatic rings. The smallest absolute Gasteiger partial charge is 0.242 e. The summed E-state index contributed by atoms with van der Waals surface area (Å²) >= 11 is 0. The molecule has 2 N–H and O–H groups in total. The number of allylic oxidation sites excluding steroid dienone is 1. The predicted octanol–water partition coefficient (Wildman–Crippen LogP) is 3.98. The van der Waals surface area contributed by atoms with Gasteiger partial charge in [-0.25, -0.2) is 22.1 Å². The molecule has 2 aromatic heterocycles. The average molecular weight is 507 g/mol. The molecule has 0 amide bonds. The van der Waals surface area contributed by atoms with Gasteiger partial charge in [0.15, 0.2) is 0 Å². The van der Waals surface area contributed by atoms with E-state index in [1.54, 1.807) is 22.8 Å². The molecular formula is C21H26Cl2F2N4O2S. The van der Waals surface area contributed by atoms with E-state index in [9.17, 15) is 17.2 Å². The molecule has 0 unspecified atom stereocenters. The first kappa shape index (κ1) is 28.0. The molecule has 0 spiro atoms. The van der Waals surface area contributed by atoms with Crippen molar-refractivity contribution in [3.63, 3.8) is 0 Å². The van der Waals surface area contributed by atoms with Crippen molar-refractivity contribution in [1.29, 1.82) is 0 Å². The molecule has 11 heteroatoms. The topological polar surface area (TPSA) is 81.2 Å². The van der Waals surface area contributed by atoms with Crippen molar-refractivity contribution in [3.05, 3.63) is 71.1 Å². The Labute approximate surface area is 199 Å². The van der Waals surface area contributed by atoms with Crippen LogP contribution in [0.3, 0.4) is 0 Å². The second-order valence-electron chi connectivity index (χ2n) is 7.15. The van der Waals surface area contributed by atoms with Crippen LogP contribution in [0.5, 0.6) is 0 Å². The number of benzene rings is 1. The van der Waals surface area contributed by atoms with Gasteiger partial charge >= 0.3 is 0 Å². The van der Waals surface area contributed by atoms with Gasteiger partial charge in [-0.15, -0.1) is 24.8 Å². The van der Waals surface area contributed by atoms with Crippen LogP contribution >= 0.6 is 24.8 Å². The minimum atomic E-state index is -3.52. The summed E-state index contributed by atoms with van der Waals surface area (Å²) in [6.45, 7) is 1.90. The lowest BCUT2D eigenvalue weighted by molar-refractivity contribution is 0.520. The zero-order valence-corrected chi connectivity index (χ0v) is 20.3. The molecule has 176 valence electrons. The highest BCUT2D eigenvalue weighted by Gasteiger charge is 2.19. The number of rotatable bonds is 7. The van der Waals surface area contributed by atoms with E-state index in [4.69, 9.17) is 5.73 Å². The summed E-state index contributed by atoms with van der Waals surface area (Å²) in [7, 11) is -0.576. The van der Waals surface area contributed by atoms with E-state index in [1.807, 2.05) is 6.92 Å². The number of fused-ring (bicyclic) bond motifs is 1. The SMILES string of the molecule is Cc1c(Cc2ccc(S(=O)(=O)N(C)C)cc2)c2nc(F)ccc2n1CC(F)=CCN.Cl.Cl. The second kappa shape index (κ2) is 11.2. The Morgan fingerprint density at radius 2 is 1.78 bits per heavy atom. The van der Waals surface area contributed by atoms with E-state index in [-0.39, 0.29) is 48.6 Å². The third-order valence-corrected chi connectivity index (χ3v) is 6.82. The third kappa shape index (κ3) is 5.65. The Morgan fingerprint density at radius 1 is 1.16 bits per heavy atom. The van der Waals surface area contributed by atoms with Gasteiger partial charge in [-0.2, -0.15) is 4.39 Å². The maximum Gasteiger partial charge on any atom is 0.242 e. The summed E-state index contributed by atoms with van der Waals surface area (Å²) < 4.78 is 55.4. The Kier molecular flexibility index (Phi) is 9.80. The van der Waals surface area contributed by atoms with Crippen molar-refractivity contribution < 1.29 is 17.2 Å². The highest BCUT2D eigenvalue weighted by atomic mass is 35.5. The standard InChI is InChI=1S/C21H24F2N4O2S.2ClH/c1-14-18(12-15-4-6-17(7-5-15)30(28,29)26(2)3)21-19(8-9-20(23)25-21)27(14)13-16(22)10-11-24;;/h4-10H,11-13,24H2,1-3H3;2*1H. The molecular weight excluding hydrogens is 481 g/mol. The van der Waals surface area contributed by atoms with Crippen molar-refractivity contribution in [2.75, 3.05) is 20.6 Å². The summed E-state index contributed by atoms with van der Waals surface area (Å²) in [5.74, 6) is -1.00. The van der Waals surface area contributed by atoms with Gasteiger partial charge in [-0.3, -0.25) is 0 Å². The van der Waals surface area contributed by atoms with Gasteiger partial charge in [-0.1, -0.05) is 12.1 Å². The molecule has 3 rings (SSSR count).